The summed E-state index contributed by atoms with van der Waals surface area (Å²) in [5.74, 6) is 1.77. The molecule has 1 amide bonds. The van der Waals surface area contributed by atoms with E-state index in [1.807, 2.05) is 36.4 Å². The van der Waals surface area contributed by atoms with Gasteiger partial charge < -0.3 is 29.1 Å². The third-order valence-corrected chi connectivity index (χ3v) is 9.52. The van der Waals surface area contributed by atoms with Crippen molar-refractivity contribution in [3.63, 3.8) is 0 Å². The van der Waals surface area contributed by atoms with Crippen LogP contribution in [0.4, 0.5) is 0 Å². The molecule has 0 saturated carbocycles. The molecule has 2 rings (SSSR count). The number of carbonyl (C=O) groups is 1. The SMILES string of the molecule is CCCCCCCCCCCCC(C#N)(CCCN(C)C(C)c1ccc(OCC(=O)NCCO[N+](=O)[O-])cc1)c1cc(OC)c(OC)c(OC)c1. The van der Waals surface area contributed by atoms with Crippen molar-refractivity contribution in [3.8, 4) is 29.1 Å². The standard InChI is InChI=1S/C39H60N4O8/c1-7-8-9-10-11-12-13-14-15-16-22-39(30-40,33-27-35(47-4)38(49-6)36(28-33)48-5)23-17-25-42(3)31(2)32-18-20-34(21-19-32)50-29-37(44)41-24-26-51-43(45)46/h18-21,27-28,31H,7-17,22-26,29H2,1-6H3,(H,41,44). The molecule has 2 aromatic rings. The zero-order valence-electron chi connectivity index (χ0n) is 31.7. The number of unbranched alkanes of at least 4 members (excludes halogenated alkanes) is 9. The zero-order chi connectivity index (χ0) is 37.5. The highest BCUT2D eigenvalue weighted by atomic mass is 16.9. The van der Waals surface area contributed by atoms with Crippen molar-refractivity contribution in [2.24, 2.45) is 0 Å². The van der Waals surface area contributed by atoms with E-state index in [2.05, 4.69) is 42.0 Å². The highest BCUT2D eigenvalue weighted by Gasteiger charge is 2.34. The Hall–Kier alpha value is -4.24. The van der Waals surface area contributed by atoms with Crippen molar-refractivity contribution in [3.05, 3.63) is 57.6 Å². The second-order valence-electron chi connectivity index (χ2n) is 13.1. The molecule has 0 fully saturated rings. The Balaban J connectivity index is 2.03. The monoisotopic (exact) mass is 712 g/mol. The van der Waals surface area contributed by atoms with Crippen LogP contribution in [-0.4, -0.2) is 70.6 Å². The zero-order valence-corrected chi connectivity index (χ0v) is 31.7. The Kier molecular flexibility index (Phi) is 20.2. The van der Waals surface area contributed by atoms with Crippen LogP contribution in [0.15, 0.2) is 36.4 Å². The van der Waals surface area contributed by atoms with Crippen LogP contribution in [0.5, 0.6) is 23.0 Å². The molecule has 284 valence electrons. The average molecular weight is 713 g/mol. The Labute approximate surface area is 304 Å². The molecule has 0 aliphatic rings. The van der Waals surface area contributed by atoms with Gasteiger partial charge in [0.25, 0.3) is 11.0 Å². The largest absolute Gasteiger partial charge is 0.493 e. The molecule has 2 aromatic carbocycles. The van der Waals surface area contributed by atoms with Gasteiger partial charge in [-0.2, -0.15) is 5.26 Å². The summed E-state index contributed by atoms with van der Waals surface area (Å²) in [6.07, 6.45) is 14.6. The lowest BCUT2D eigenvalue weighted by molar-refractivity contribution is -0.757. The molecule has 0 radical (unpaired) electrons. The molecule has 12 nitrogen and oxygen atoms in total. The number of carbonyl (C=O) groups excluding carboxylic acids is 1. The maximum Gasteiger partial charge on any atom is 0.294 e. The van der Waals surface area contributed by atoms with Crippen molar-refractivity contribution in [1.82, 2.24) is 10.2 Å². The van der Waals surface area contributed by atoms with Crippen LogP contribution in [0.3, 0.4) is 0 Å². The highest BCUT2D eigenvalue weighted by molar-refractivity contribution is 5.77. The molecule has 2 unspecified atom stereocenters. The molecule has 0 spiro atoms. The van der Waals surface area contributed by atoms with Crippen LogP contribution in [0.1, 0.15) is 114 Å². The summed E-state index contributed by atoms with van der Waals surface area (Å²) >= 11 is 0. The van der Waals surface area contributed by atoms with Gasteiger partial charge >= 0.3 is 0 Å². The second kappa shape index (κ2) is 24.0. The number of nitriles is 1. The minimum atomic E-state index is -0.903. The minimum Gasteiger partial charge on any atom is -0.493 e. The van der Waals surface area contributed by atoms with Gasteiger partial charge in [-0.3, -0.25) is 9.69 Å². The van der Waals surface area contributed by atoms with E-state index in [0.29, 0.717) is 29.4 Å². The number of benzene rings is 2. The molecule has 1 N–H and O–H groups in total. The maximum atomic E-state index is 11.9. The molecular weight excluding hydrogens is 652 g/mol. The molecule has 0 heterocycles. The van der Waals surface area contributed by atoms with Gasteiger partial charge in [0.15, 0.2) is 18.1 Å². The Morgan fingerprint density at radius 1 is 0.922 bits per heavy atom. The molecule has 0 bridgehead atoms. The summed E-state index contributed by atoms with van der Waals surface area (Å²) in [5, 5.41) is 22.6. The van der Waals surface area contributed by atoms with Crippen LogP contribution in [0, 0.1) is 21.4 Å². The normalized spacial score (nSPS) is 12.7. The van der Waals surface area contributed by atoms with Gasteiger partial charge in [0, 0.05) is 12.6 Å². The van der Waals surface area contributed by atoms with Crippen molar-refractivity contribution in [2.45, 2.75) is 109 Å². The molecule has 0 aliphatic heterocycles. The lowest BCUT2D eigenvalue weighted by atomic mass is 9.73. The van der Waals surface area contributed by atoms with Crippen LogP contribution in [0.2, 0.25) is 0 Å². The molecule has 0 aliphatic carbocycles. The number of hydrogen-bond acceptors (Lipinski definition) is 10. The van der Waals surface area contributed by atoms with Gasteiger partial charge in [0.2, 0.25) is 5.75 Å². The summed E-state index contributed by atoms with van der Waals surface area (Å²) in [6.45, 7) is 4.75. The lowest BCUT2D eigenvalue weighted by Gasteiger charge is -2.31. The first-order valence-corrected chi connectivity index (χ1v) is 18.3. The fourth-order valence-corrected chi connectivity index (χ4v) is 6.29. The van der Waals surface area contributed by atoms with E-state index in [-0.39, 0.29) is 25.8 Å². The van der Waals surface area contributed by atoms with Crippen molar-refractivity contribution < 1.29 is 33.7 Å². The van der Waals surface area contributed by atoms with Crippen molar-refractivity contribution >= 4 is 5.91 Å². The van der Waals surface area contributed by atoms with E-state index in [1.165, 1.54) is 51.4 Å². The lowest BCUT2D eigenvalue weighted by Crippen LogP contribution is -2.32. The van der Waals surface area contributed by atoms with E-state index in [4.69, 9.17) is 18.9 Å². The quantitative estimate of drug-likeness (QED) is 0.0524. The van der Waals surface area contributed by atoms with E-state index < -0.39 is 16.4 Å². The van der Waals surface area contributed by atoms with E-state index in [0.717, 1.165) is 43.4 Å². The predicted molar refractivity (Wildman–Crippen MR) is 198 cm³/mol. The average Bonchev–Trinajstić information content (AvgIpc) is 3.14. The number of nitrogens with one attached hydrogen (secondary N) is 1. The first-order valence-electron chi connectivity index (χ1n) is 18.3. The number of hydrogen-bond donors (Lipinski definition) is 1. The minimum absolute atomic E-state index is 0.0171. The molecule has 51 heavy (non-hydrogen) atoms. The number of ether oxygens (including phenoxy) is 4. The molecule has 0 saturated heterocycles. The van der Waals surface area contributed by atoms with E-state index >= 15 is 0 Å². The summed E-state index contributed by atoms with van der Waals surface area (Å²) in [5.41, 5.74) is 1.27. The first-order chi connectivity index (χ1) is 24.6. The smallest absolute Gasteiger partial charge is 0.294 e. The third kappa shape index (κ3) is 14.9. The van der Waals surface area contributed by atoms with Gasteiger partial charge in [0.1, 0.15) is 12.4 Å². The van der Waals surface area contributed by atoms with Gasteiger partial charge in [0.05, 0.1) is 32.8 Å². The summed E-state index contributed by atoms with van der Waals surface area (Å²) < 4.78 is 22.5. The Bertz CT molecular complexity index is 1320. The van der Waals surface area contributed by atoms with Crippen LogP contribution in [-0.2, 0) is 15.0 Å². The number of methoxy groups -OCH3 is 3. The van der Waals surface area contributed by atoms with Gasteiger partial charge in [-0.1, -0.05) is 83.3 Å². The molecule has 12 heteroatoms. The summed E-state index contributed by atoms with van der Waals surface area (Å²) in [7, 11) is 6.87. The summed E-state index contributed by atoms with van der Waals surface area (Å²) in [6, 6.07) is 14.3. The van der Waals surface area contributed by atoms with Crippen molar-refractivity contribution in [1.29, 1.82) is 5.26 Å². The maximum absolute atomic E-state index is 11.9. The van der Waals surface area contributed by atoms with Gasteiger partial charge in [-0.15, -0.1) is 10.1 Å². The van der Waals surface area contributed by atoms with Crippen molar-refractivity contribution in [2.75, 3.05) is 54.7 Å². The first kappa shape index (κ1) is 42.9. The third-order valence-electron chi connectivity index (χ3n) is 9.52. The van der Waals surface area contributed by atoms with Gasteiger partial charge in [-0.25, -0.2) is 0 Å². The van der Waals surface area contributed by atoms with Crippen LogP contribution < -0.4 is 24.3 Å². The Morgan fingerprint density at radius 2 is 1.49 bits per heavy atom. The molecule has 0 aromatic heterocycles. The van der Waals surface area contributed by atoms with E-state index in [9.17, 15) is 20.2 Å². The second-order valence-corrected chi connectivity index (χ2v) is 13.1. The molecule has 2 atom stereocenters. The Morgan fingerprint density at radius 3 is 2.02 bits per heavy atom. The summed E-state index contributed by atoms with van der Waals surface area (Å²) in [4.78, 5) is 28.6. The molecular formula is C39H60N4O8. The fraction of sp³-hybridized carbons (Fsp3) is 0.641. The highest BCUT2D eigenvalue weighted by Crippen LogP contribution is 2.44. The number of nitrogens with zero attached hydrogens (tertiary/aromatic N) is 3. The fourth-order valence-electron chi connectivity index (χ4n) is 6.29. The number of amides is 1. The topological polar surface area (TPSA) is 145 Å². The predicted octanol–water partition coefficient (Wildman–Crippen LogP) is 7.96. The van der Waals surface area contributed by atoms with Gasteiger partial charge in [-0.05, 0) is 75.2 Å². The van der Waals surface area contributed by atoms with E-state index in [1.54, 1.807) is 21.3 Å². The van der Waals surface area contributed by atoms with Crippen LogP contribution in [0.25, 0.3) is 0 Å². The number of rotatable bonds is 28. The van der Waals surface area contributed by atoms with Crippen LogP contribution >= 0.6 is 0 Å².